The molecule has 2 N–H and O–H groups in total. The topological polar surface area (TPSA) is 47.6 Å². The summed E-state index contributed by atoms with van der Waals surface area (Å²) in [5.74, 6) is 0.536. The van der Waals surface area contributed by atoms with Crippen LogP contribution in [0.4, 0.5) is 4.39 Å². The molecule has 0 aliphatic carbocycles. The highest BCUT2D eigenvalue weighted by Gasteiger charge is 2.18. The van der Waals surface area contributed by atoms with Crippen molar-refractivity contribution >= 4 is 5.90 Å². The predicted octanol–water partition coefficient (Wildman–Crippen LogP) is 1.51. The van der Waals surface area contributed by atoms with E-state index in [0.717, 1.165) is 17.9 Å². The summed E-state index contributed by atoms with van der Waals surface area (Å²) in [4.78, 5) is 4.42. The fourth-order valence-corrected chi connectivity index (χ4v) is 1.73. The number of halogens is 1. The summed E-state index contributed by atoms with van der Waals surface area (Å²) in [5.41, 5.74) is 6.50. The molecule has 1 heterocycles. The van der Waals surface area contributed by atoms with Crippen LogP contribution in [0.15, 0.2) is 29.3 Å². The van der Waals surface area contributed by atoms with Crippen LogP contribution in [0.1, 0.15) is 12.0 Å². The van der Waals surface area contributed by atoms with Crippen molar-refractivity contribution in [2.75, 3.05) is 13.2 Å². The highest BCUT2D eigenvalue weighted by atomic mass is 19.1. The van der Waals surface area contributed by atoms with Gasteiger partial charge in [-0.1, -0.05) is 12.1 Å². The molecule has 0 aromatic heterocycles. The minimum absolute atomic E-state index is 0.145. The quantitative estimate of drug-likeness (QED) is 0.839. The van der Waals surface area contributed by atoms with Gasteiger partial charge in [-0.25, -0.2) is 9.38 Å². The average molecular weight is 222 g/mol. The molecule has 1 atom stereocenters. The van der Waals surface area contributed by atoms with Crippen molar-refractivity contribution in [1.82, 2.24) is 0 Å². The van der Waals surface area contributed by atoms with Gasteiger partial charge in [0.1, 0.15) is 12.4 Å². The van der Waals surface area contributed by atoms with Gasteiger partial charge in [-0.2, -0.15) is 0 Å². The summed E-state index contributed by atoms with van der Waals surface area (Å²) in [6.07, 6.45) is 1.48. The van der Waals surface area contributed by atoms with Crippen molar-refractivity contribution in [3.63, 3.8) is 0 Å². The van der Waals surface area contributed by atoms with E-state index in [1.54, 1.807) is 12.1 Å². The predicted molar refractivity (Wildman–Crippen MR) is 61.0 cm³/mol. The standard InChI is InChI=1S/C12H15FN2O/c13-10-3-1-9(2-4-10)7-11-8-16-12(15-11)5-6-14/h1-4,11H,5-8,14H2. The summed E-state index contributed by atoms with van der Waals surface area (Å²) in [5, 5.41) is 0. The highest BCUT2D eigenvalue weighted by molar-refractivity contribution is 5.77. The van der Waals surface area contributed by atoms with Crippen molar-refractivity contribution in [2.45, 2.75) is 18.9 Å². The van der Waals surface area contributed by atoms with Gasteiger partial charge >= 0.3 is 0 Å². The van der Waals surface area contributed by atoms with Gasteiger partial charge in [0, 0.05) is 13.0 Å². The Labute approximate surface area is 94.1 Å². The largest absolute Gasteiger partial charge is 0.479 e. The molecule has 4 heteroatoms. The molecule has 2 rings (SSSR count). The Balaban J connectivity index is 1.93. The zero-order chi connectivity index (χ0) is 11.4. The second-order valence-corrected chi connectivity index (χ2v) is 3.86. The summed E-state index contributed by atoms with van der Waals surface area (Å²) in [6.45, 7) is 1.16. The lowest BCUT2D eigenvalue weighted by Gasteiger charge is -2.04. The first-order chi connectivity index (χ1) is 7.78. The Hall–Kier alpha value is -1.42. The third-order valence-corrected chi connectivity index (χ3v) is 2.51. The van der Waals surface area contributed by atoms with Crippen LogP contribution in [0.2, 0.25) is 0 Å². The Morgan fingerprint density at radius 1 is 1.38 bits per heavy atom. The molecule has 16 heavy (non-hydrogen) atoms. The second kappa shape index (κ2) is 5.07. The Morgan fingerprint density at radius 3 is 2.81 bits per heavy atom. The molecule has 1 aromatic carbocycles. The number of nitrogens with two attached hydrogens (primary N) is 1. The maximum Gasteiger partial charge on any atom is 0.184 e. The van der Waals surface area contributed by atoms with Gasteiger partial charge in [0.15, 0.2) is 5.90 Å². The maximum absolute atomic E-state index is 12.7. The van der Waals surface area contributed by atoms with Crippen LogP contribution < -0.4 is 5.73 Å². The average Bonchev–Trinajstić information content (AvgIpc) is 2.70. The first kappa shape index (κ1) is 11.1. The van der Waals surface area contributed by atoms with E-state index in [9.17, 15) is 4.39 Å². The zero-order valence-corrected chi connectivity index (χ0v) is 9.03. The van der Waals surface area contributed by atoms with Crippen LogP contribution in [0.3, 0.4) is 0 Å². The fraction of sp³-hybridized carbons (Fsp3) is 0.417. The molecule has 0 fully saturated rings. The van der Waals surface area contributed by atoms with Gasteiger partial charge in [0.25, 0.3) is 0 Å². The normalized spacial score (nSPS) is 19.4. The summed E-state index contributed by atoms with van der Waals surface area (Å²) in [7, 11) is 0. The molecule has 0 bridgehead atoms. The van der Waals surface area contributed by atoms with E-state index in [2.05, 4.69) is 4.99 Å². The van der Waals surface area contributed by atoms with Gasteiger partial charge in [-0.15, -0.1) is 0 Å². The third-order valence-electron chi connectivity index (χ3n) is 2.51. The van der Waals surface area contributed by atoms with E-state index in [-0.39, 0.29) is 11.9 Å². The lowest BCUT2D eigenvalue weighted by Crippen LogP contribution is -2.10. The van der Waals surface area contributed by atoms with Crippen LogP contribution >= 0.6 is 0 Å². The highest BCUT2D eigenvalue weighted by Crippen LogP contribution is 2.13. The van der Waals surface area contributed by atoms with E-state index in [1.807, 2.05) is 0 Å². The number of ether oxygens (including phenoxy) is 1. The lowest BCUT2D eigenvalue weighted by atomic mass is 10.1. The van der Waals surface area contributed by atoms with Crippen molar-refractivity contribution in [1.29, 1.82) is 0 Å². The fourth-order valence-electron chi connectivity index (χ4n) is 1.73. The Morgan fingerprint density at radius 2 is 2.12 bits per heavy atom. The molecular weight excluding hydrogens is 207 g/mol. The SMILES string of the molecule is NCCC1=NC(Cc2ccc(F)cc2)CO1. The van der Waals surface area contributed by atoms with E-state index in [0.29, 0.717) is 19.6 Å². The monoisotopic (exact) mass is 222 g/mol. The number of aliphatic imine (C=N–C) groups is 1. The van der Waals surface area contributed by atoms with Crippen LogP contribution in [0.5, 0.6) is 0 Å². The molecule has 0 radical (unpaired) electrons. The number of hydrogen-bond acceptors (Lipinski definition) is 3. The first-order valence-electron chi connectivity index (χ1n) is 5.42. The van der Waals surface area contributed by atoms with Crippen molar-refractivity contribution < 1.29 is 9.13 Å². The van der Waals surface area contributed by atoms with Gasteiger partial charge in [-0.05, 0) is 24.1 Å². The molecule has 0 spiro atoms. The van der Waals surface area contributed by atoms with E-state index < -0.39 is 0 Å². The molecule has 3 nitrogen and oxygen atoms in total. The first-order valence-corrected chi connectivity index (χ1v) is 5.42. The van der Waals surface area contributed by atoms with Crippen molar-refractivity contribution in [3.8, 4) is 0 Å². The minimum atomic E-state index is -0.209. The van der Waals surface area contributed by atoms with Crippen LogP contribution in [-0.2, 0) is 11.2 Å². The molecule has 0 saturated carbocycles. The molecule has 0 saturated heterocycles. The summed E-state index contributed by atoms with van der Waals surface area (Å²) in [6, 6.07) is 6.65. The number of nitrogens with zero attached hydrogens (tertiary/aromatic N) is 1. The van der Waals surface area contributed by atoms with E-state index in [4.69, 9.17) is 10.5 Å². The van der Waals surface area contributed by atoms with Gasteiger partial charge in [0.05, 0.1) is 6.04 Å². The molecular formula is C12H15FN2O. The van der Waals surface area contributed by atoms with Crippen molar-refractivity contribution in [3.05, 3.63) is 35.6 Å². The smallest absolute Gasteiger partial charge is 0.184 e. The lowest BCUT2D eigenvalue weighted by molar-refractivity contribution is 0.309. The van der Waals surface area contributed by atoms with Crippen LogP contribution in [0.25, 0.3) is 0 Å². The van der Waals surface area contributed by atoms with E-state index >= 15 is 0 Å². The van der Waals surface area contributed by atoms with E-state index in [1.165, 1.54) is 12.1 Å². The van der Waals surface area contributed by atoms with Crippen molar-refractivity contribution in [2.24, 2.45) is 10.7 Å². The van der Waals surface area contributed by atoms with Gasteiger partial charge in [0.2, 0.25) is 0 Å². The Bertz CT molecular complexity index is 375. The maximum atomic E-state index is 12.7. The summed E-state index contributed by atoms with van der Waals surface area (Å²) < 4.78 is 18.1. The minimum Gasteiger partial charge on any atom is -0.479 e. The number of rotatable bonds is 4. The molecule has 1 unspecified atom stereocenters. The van der Waals surface area contributed by atoms with Crippen LogP contribution in [-0.4, -0.2) is 25.1 Å². The Kier molecular flexibility index (Phi) is 3.51. The number of hydrogen-bond donors (Lipinski definition) is 1. The third kappa shape index (κ3) is 2.79. The van der Waals surface area contributed by atoms with Gasteiger partial charge < -0.3 is 10.5 Å². The zero-order valence-electron chi connectivity index (χ0n) is 9.03. The van der Waals surface area contributed by atoms with Gasteiger partial charge in [-0.3, -0.25) is 0 Å². The molecule has 1 aromatic rings. The van der Waals surface area contributed by atoms with Crippen LogP contribution in [0, 0.1) is 5.82 Å². The molecule has 0 amide bonds. The molecule has 86 valence electrons. The number of benzene rings is 1. The molecule has 1 aliphatic heterocycles. The second-order valence-electron chi connectivity index (χ2n) is 3.86. The molecule has 1 aliphatic rings. The summed E-state index contributed by atoms with van der Waals surface area (Å²) >= 11 is 0.